The molecular weight excluding hydrogens is 282 g/mol. The Balaban J connectivity index is 1.82. The van der Waals surface area contributed by atoms with Gasteiger partial charge < -0.3 is 5.32 Å². The van der Waals surface area contributed by atoms with Crippen molar-refractivity contribution in [3.63, 3.8) is 0 Å². The molecule has 0 radical (unpaired) electrons. The van der Waals surface area contributed by atoms with Crippen molar-refractivity contribution in [2.24, 2.45) is 7.05 Å². The fourth-order valence-electron chi connectivity index (χ4n) is 2.52. The van der Waals surface area contributed by atoms with Gasteiger partial charge in [-0.3, -0.25) is 4.68 Å². The van der Waals surface area contributed by atoms with E-state index in [2.05, 4.69) is 35.5 Å². The zero-order valence-electron chi connectivity index (χ0n) is 12.2. The fraction of sp³-hybridized carbons (Fsp3) is 0.235. The Morgan fingerprint density at radius 3 is 2.62 bits per heavy atom. The second-order valence-electron chi connectivity index (χ2n) is 5.14. The Kier molecular flexibility index (Phi) is 3.84. The van der Waals surface area contributed by atoms with Gasteiger partial charge in [-0.1, -0.05) is 30.7 Å². The van der Waals surface area contributed by atoms with Crippen molar-refractivity contribution >= 4 is 28.2 Å². The summed E-state index contributed by atoms with van der Waals surface area (Å²) in [4.78, 5) is 0. The van der Waals surface area contributed by atoms with Crippen LogP contribution in [0.2, 0.25) is 5.02 Å². The van der Waals surface area contributed by atoms with Crippen molar-refractivity contribution < 1.29 is 0 Å². The van der Waals surface area contributed by atoms with Crippen LogP contribution in [-0.4, -0.2) is 9.78 Å². The smallest absolute Gasteiger partial charge is 0.0701 e. The van der Waals surface area contributed by atoms with E-state index in [0.717, 1.165) is 29.4 Å². The first-order valence-electron chi connectivity index (χ1n) is 7.11. The number of fused-ring (bicyclic) bond motifs is 1. The number of benzene rings is 2. The normalized spacial score (nSPS) is 11.0. The van der Waals surface area contributed by atoms with E-state index in [0.29, 0.717) is 0 Å². The van der Waals surface area contributed by atoms with E-state index in [4.69, 9.17) is 11.6 Å². The molecule has 0 amide bonds. The molecule has 1 heterocycles. The van der Waals surface area contributed by atoms with Crippen molar-refractivity contribution in [1.82, 2.24) is 9.78 Å². The van der Waals surface area contributed by atoms with E-state index < -0.39 is 0 Å². The van der Waals surface area contributed by atoms with Crippen LogP contribution in [0.4, 0.5) is 5.69 Å². The number of rotatable bonds is 4. The van der Waals surface area contributed by atoms with Crippen LogP contribution >= 0.6 is 11.6 Å². The van der Waals surface area contributed by atoms with Crippen molar-refractivity contribution in [2.75, 3.05) is 5.32 Å². The number of hydrogen-bond donors (Lipinski definition) is 1. The van der Waals surface area contributed by atoms with Gasteiger partial charge in [0.15, 0.2) is 0 Å². The minimum Gasteiger partial charge on any atom is -0.381 e. The Labute approximate surface area is 129 Å². The lowest BCUT2D eigenvalue weighted by Crippen LogP contribution is -1.99. The minimum absolute atomic E-state index is 0.767. The predicted molar refractivity (Wildman–Crippen MR) is 88.9 cm³/mol. The second kappa shape index (κ2) is 5.78. The van der Waals surface area contributed by atoms with Crippen LogP contribution in [0.5, 0.6) is 0 Å². The lowest BCUT2D eigenvalue weighted by atomic mass is 10.1. The Morgan fingerprint density at radius 2 is 1.90 bits per heavy atom. The van der Waals surface area contributed by atoms with Crippen LogP contribution in [0.25, 0.3) is 10.9 Å². The van der Waals surface area contributed by atoms with Crippen LogP contribution in [0.15, 0.2) is 42.5 Å². The third-order valence-electron chi connectivity index (χ3n) is 3.67. The summed E-state index contributed by atoms with van der Waals surface area (Å²) in [5.41, 5.74) is 4.63. The average Bonchev–Trinajstić information content (AvgIpc) is 2.83. The maximum absolute atomic E-state index is 5.90. The zero-order valence-corrected chi connectivity index (χ0v) is 13.0. The van der Waals surface area contributed by atoms with Crippen LogP contribution in [0.3, 0.4) is 0 Å². The molecule has 0 saturated heterocycles. The zero-order chi connectivity index (χ0) is 14.8. The largest absolute Gasteiger partial charge is 0.381 e. The molecule has 2 aromatic carbocycles. The van der Waals surface area contributed by atoms with Gasteiger partial charge in [0.25, 0.3) is 0 Å². The number of anilines is 1. The molecule has 4 heteroatoms. The van der Waals surface area contributed by atoms with Gasteiger partial charge >= 0.3 is 0 Å². The molecule has 0 aliphatic carbocycles. The monoisotopic (exact) mass is 299 g/mol. The second-order valence-corrected chi connectivity index (χ2v) is 5.57. The summed E-state index contributed by atoms with van der Waals surface area (Å²) in [5, 5.41) is 9.99. The predicted octanol–water partition coefficient (Wildman–Crippen LogP) is 4.40. The molecule has 0 aliphatic heterocycles. The molecule has 1 aromatic heterocycles. The lowest BCUT2D eigenvalue weighted by Gasteiger charge is -2.07. The third-order valence-corrected chi connectivity index (χ3v) is 3.92. The van der Waals surface area contributed by atoms with Gasteiger partial charge in [-0.2, -0.15) is 5.10 Å². The number of aryl methyl sites for hydroxylation is 2. The summed E-state index contributed by atoms with van der Waals surface area (Å²) in [7, 11) is 1.99. The van der Waals surface area contributed by atoms with Crippen molar-refractivity contribution in [1.29, 1.82) is 0 Å². The highest BCUT2D eigenvalue weighted by Gasteiger charge is 2.07. The first-order valence-corrected chi connectivity index (χ1v) is 7.49. The van der Waals surface area contributed by atoms with Crippen LogP contribution in [0.1, 0.15) is 18.2 Å². The van der Waals surface area contributed by atoms with E-state index in [1.54, 1.807) is 0 Å². The molecule has 108 valence electrons. The highest BCUT2D eigenvalue weighted by Crippen LogP contribution is 2.23. The summed E-state index contributed by atoms with van der Waals surface area (Å²) in [6.07, 6.45) is 0.942. The van der Waals surface area contributed by atoms with Gasteiger partial charge in [-0.15, -0.1) is 0 Å². The summed E-state index contributed by atoms with van der Waals surface area (Å²) in [6.45, 7) is 2.92. The van der Waals surface area contributed by atoms with Crippen molar-refractivity contribution in [3.8, 4) is 0 Å². The highest BCUT2D eigenvalue weighted by atomic mass is 35.5. The SMILES string of the molecule is CCc1nn(C)c2ccc(NCc3ccc(Cl)cc3)cc12. The topological polar surface area (TPSA) is 29.9 Å². The Hall–Kier alpha value is -2.00. The molecule has 3 nitrogen and oxygen atoms in total. The molecule has 0 fully saturated rings. The van der Waals surface area contributed by atoms with Crippen molar-refractivity contribution in [3.05, 3.63) is 58.7 Å². The van der Waals surface area contributed by atoms with Gasteiger partial charge in [0.05, 0.1) is 11.2 Å². The summed E-state index contributed by atoms with van der Waals surface area (Å²) in [5.74, 6) is 0. The molecule has 0 unspecified atom stereocenters. The first-order chi connectivity index (χ1) is 10.2. The molecule has 1 N–H and O–H groups in total. The van der Waals surface area contributed by atoms with Gasteiger partial charge in [0, 0.05) is 29.7 Å². The molecule has 0 spiro atoms. The molecule has 3 rings (SSSR count). The van der Waals surface area contributed by atoms with E-state index in [1.807, 2.05) is 36.0 Å². The van der Waals surface area contributed by atoms with Crippen LogP contribution < -0.4 is 5.32 Å². The van der Waals surface area contributed by atoms with E-state index in [9.17, 15) is 0 Å². The third kappa shape index (κ3) is 2.88. The summed E-state index contributed by atoms with van der Waals surface area (Å²) >= 11 is 5.90. The Bertz CT molecular complexity index is 760. The Morgan fingerprint density at radius 1 is 1.14 bits per heavy atom. The first kappa shape index (κ1) is 14.0. The summed E-state index contributed by atoms with van der Waals surface area (Å²) < 4.78 is 1.94. The fourth-order valence-corrected chi connectivity index (χ4v) is 2.64. The highest BCUT2D eigenvalue weighted by molar-refractivity contribution is 6.30. The lowest BCUT2D eigenvalue weighted by molar-refractivity contribution is 0.770. The van der Waals surface area contributed by atoms with Crippen LogP contribution in [0, 0.1) is 0 Å². The summed E-state index contributed by atoms with van der Waals surface area (Å²) in [6, 6.07) is 14.3. The molecule has 0 aliphatic rings. The number of nitrogens with one attached hydrogen (secondary N) is 1. The number of halogens is 1. The molecule has 0 saturated carbocycles. The van der Waals surface area contributed by atoms with E-state index in [1.165, 1.54) is 16.5 Å². The van der Waals surface area contributed by atoms with Gasteiger partial charge in [0.1, 0.15) is 0 Å². The molecule has 21 heavy (non-hydrogen) atoms. The molecule has 0 atom stereocenters. The molecule has 0 bridgehead atoms. The van der Waals surface area contributed by atoms with Gasteiger partial charge in [-0.05, 0) is 42.3 Å². The molecular formula is C17H18ClN3. The van der Waals surface area contributed by atoms with Gasteiger partial charge in [-0.25, -0.2) is 0 Å². The van der Waals surface area contributed by atoms with Crippen LogP contribution in [-0.2, 0) is 20.0 Å². The standard InChI is InChI=1S/C17H18ClN3/c1-3-16-15-10-14(8-9-17(15)21(2)20-16)19-11-12-4-6-13(18)7-5-12/h4-10,19H,3,11H2,1-2H3. The van der Waals surface area contributed by atoms with Crippen molar-refractivity contribution in [2.45, 2.75) is 19.9 Å². The number of nitrogens with zero attached hydrogens (tertiary/aromatic N) is 2. The number of hydrogen-bond acceptors (Lipinski definition) is 2. The average molecular weight is 300 g/mol. The minimum atomic E-state index is 0.767. The van der Waals surface area contributed by atoms with E-state index in [-0.39, 0.29) is 0 Å². The molecule has 3 aromatic rings. The maximum atomic E-state index is 5.90. The van der Waals surface area contributed by atoms with E-state index >= 15 is 0 Å². The van der Waals surface area contributed by atoms with Gasteiger partial charge in [0.2, 0.25) is 0 Å². The number of aromatic nitrogens is 2. The maximum Gasteiger partial charge on any atom is 0.0701 e. The quantitative estimate of drug-likeness (QED) is 0.774.